The Morgan fingerprint density at radius 1 is 1.30 bits per heavy atom. The number of fused-ring (bicyclic) bond motifs is 1. The highest BCUT2D eigenvalue weighted by molar-refractivity contribution is 5.45. The van der Waals surface area contributed by atoms with Crippen molar-refractivity contribution in [3.05, 3.63) is 41.5 Å². The van der Waals surface area contributed by atoms with E-state index in [9.17, 15) is 0 Å². The molecule has 0 unspecified atom stereocenters. The van der Waals surface area contributed by atoms with Gasteiger partial charge < -0.3 is 5.73 Å². The molecule has 1 aromatic carbocycles. The van der Waals surface area contributed by atoms with E-state index in [-0.39, 0.29) is 0 Å². The van der Waals surface area contributed by atoms with Crippen LogP contribution >= 0.6 is 0 Å². The quantitative estimate of drug-likeness (QED) is 0.862. The van der Waals surface area contributed by atoms with Crippen molar-refractivity contribution in [3.8, 4) is 0 Å². The number of nitrogens with zero attached hydrogens (tertiary/aromatic N) is 4. The molecule has 0 radical (unpaired) electrons. The van der Waals surface area contributed by atoms with E-state index in [4.69, 9.17) is 5.73 Å². The van der Waals surface area contributed by atoms with Gasteiger partial charge in [-0.15, -0.1) is 0 Å². The van der Waals surface area contributed by atoms with E-state index in [0.717, 1.165) is 50.5 Å². The average Bonchev–Trinajstić information content (AvgIpc) is 2.86. The molecule has 20 heavy (non-hydrogen) atoms. The maximum Gasteiger partial charge on any atom is 0.141 e. The molecule has 0 aliphatic carbocycles. The van der Waals surface area contributed by atoms with Gasteiger partial charge in [-0.05, 0) is 36.1 Å². The lowest BCUT2D eigenvalue weighted by atomic mass is 9.99. The molecule has 0 amide bonds. The van der Waals surface area contributed by atoms with Gasteiger partial charge in [-0.2, -0.15) is 5.10 Å². The third kappa shape index (κ3) is 2.67. The van der Waals surface area contributed by atoms with Crippen LogP contribution < -0.4 is 5.73 Å². The van der Waals surface area contributed by atoms with Crippen molar-refractivity contribution in [2.45, 2.75) is 39.4 Å². The predicted octanol–water partition coefficient (Wildman–Crippen LogP) is 1.83. The Kier molecular flexibility index (Phi) is 3.69. The summed E-state index contributed by atoms with van der Waals surface area (Å²) in [6, 6.07) is 6.24. The molecule has 0 atom stereocenters. The molecule has 5 heteroatoms. The van der Waals surface area contributed by atoms with Crippen molar-refractivity contribution in [2.24, 2.45) is 0 Å². The van der Waals surface area contributed by atoms with Gasteiger partial charge in [0.1, 0.15) is 12.2 Å². The Labute approximate surface area is 119 Å². The van der Waals surface area contributed by atoms with Gasteiger partial charge in [0.25, 0.3) is 0 Å². The van der Waals surface area contributed by atoms with Crippen LogP contribution in [0.3, 0.4) is 0 Å². The highest BCUT2D eigenvalue weighted by atomic mass is 15.3. The largest absolute Gasteiger partial charge is 0.399 e. The molecule has 3 rings (SSSR count). The predicted molar refractivity (Wildman–Crippen MR) is 79.0 cm³/mol. The summed E-state index contributed by atoms with van der Waals surface area (Å²) < 4.78 is 2.01. The van der Waals surface area contributed by atoms with E-state index in [0.29, 0.717) is 0 Å². The van der Waals surface area contributed by atoms with Gasteiger partial charge in [0.15, 0.2) is 0 Å². The molecule has 0 fully saturated rings. The van der Waals surface area contributed by atoms with Crippen LogP contribution in [0, 0.1) is 0 Å². The number of hydrogen-bond acceptors (Lipinski definition) is 4. The van der Waals surface area contributed by atoms with Crippen molar-refractivity contribution in [2.75, 3.05) is 12.3 Å². The van der Waals surface area contributed by atoms with Crippen LogP contribution in [0.15, 0.2) is 24.5 Å². The van der Waals surface area contributed by atoms with E-state index >= 15 is 0 Å². The summed E-state index contributed by atoms with van der Waals surface area (Å²) in [5.74, 6) is 1.05. The van der Waals surface area contributed by atoms with Gasteiger partial charge in [-0.3, -0.25) is 4.90 Å². The zero-order valence-electron chi connectivity index (χ0n) is 11.9. The third-order valence-corrected chi connectivity index (χ3v) is 3.82. The summed E-state index contributed by atoms with van der Waals surface area (Å²) in [6.45, 7) is 5.96. The summed E-state index contributed by atoms with van der Waals surface area (Å²) >= 11 is 0. The molecule has 1 aliphatic heterocycles. The lowest BCUT2D eigenvalue weighted by molar-refractivity contribution is 0.234. The Morgan fingerprint density at radius 3 is 3.05 bits per heavy atom. The fourth-order valence-electron chi connectivity index (χ4n) is 2.78. The minimum absolute atomic E-state index is 0.847. The molecule has 0 saturated carbocycles. The SMILES string of the molecule is CCCn1ncnc1CN1CCc2ccc(N)cc2C1. The topological polar surface area (TPSA) is 60.0 Å². The zero-order chi connectivity index (χ0) is 13.9. The number of aromatic nitrogens is 3. The monoisotopic (exact) mass is 271 g/mol. The van der Waals surface area contributed by atoms with Gasteiger partial charge in [0, 0.05) is 25.3 Å². The second-order valence-corrected chi connectivity index (χ2v) is 5.39. The average molecular weight is 271 g/mol. The van der Waals surface area contributed by atoms with Gasteiger partial charge in [0.05, 0.1) is 6.54 Å². The molecule has 1 aromatic heterocycles. The van der Waals surface area contributed by atoms with Crippen LogP contribution in [-0.2, 0) is 26.1 Å². The van der Waals surface area contributed by atoms with Crippen LogP contribution in [-0.4, -0.2) is 26.2 Å². The molecule has 2 heterocycles. The minimum Gasteiger partial charge on any atom is -0.399 e. The summed E-state index contributed by atoms with van der Waals surface area (Å²) in [7, 11) is 0. The van der Waals surface area contributed by atoms with Crippen molar-refractivity contribution >= 4 is 5.69 Å². The first-order chi connectivity index (χ1) is 9.76. The third-order valence-electron chi connectivity index (χ3n) is 3.82. The minimum atomic E-state index is 0.847. The second kappa shape index (κ2) is 5.63. The molecule has 1 aliphatic rings. The zero-order valence-corrected chi connectivity index (χ0v) is 11.9. The van der Waals surface area contributed by atoms with Crippen LogP contribution in [0.4, 0.5) is 5.69 Å². The maximum atomic E-state index is 5.88. The van der Waals surface area contributed by atoms with Gasteiger partial charge in [0.2, 0.25) is 0 Å². The molecule has 0 bridgehead atoms. The van der Waals surface area contributed by atoms with Crippen molar-refractivity contribution < 1.29 is 0 Å². The highest BCUT2D eigenvalue weighted by Gasteiger charge is 2.18. The summed E-state index contributed by atoms with van der Waals surface area (Å²) in [5.41, 5.74) is 9.50. The van der Waals surface area contributed by atoms with E-state index in [2.05, 4.69) is 34.0 Å². The van der Waals surface area contributed by atoms with E-state index in [1.54, 1.807) is 6.33 Å². The normalized spacial score (nSPS) is 15.2. The van der Waals surface area contributed by atoms with Gasteiger partial charge >= 0.3 is 0 Å². The molecule has 2 N–H and O–H groups in total. The first kappa shape index (κ1) is 13.1. The molecular formula is C15H21N5. The Morgan fingerprint density at radius 2 is 2.20 bits per heavy atom. The van der Waals surface area contributed by atoms with Crippen molar-refractivity contribution in [3.63, 3.8) is 0 Å². The molecule has 0 spiro atoms. The van der Waals surface area contributed by atoms with E-state index in [1.165, 1.54) is 11.1 Å². The molecular weight excluding hydrogens is 250 g/mol. The standard InChI is InChI=1S/C15H21N5/c1-2-6-20-15(17-11-18-20)10-19-7-5-12-3-4-14(16)8-13(12)9-19/h3-4,8,11H,2,5-7,9-10,16H2,1H3. The number of anilines is 1. The lowest BCUT2D eigenvalue weighted by Crippen LogP contribution is -2.31. The number of benzene rings is 1. The van der Waals surface area contributed by atoms with Crippen LogP contribution in [0.2, 0.25) is 0 Å². The number of nitrogen functional groups attached to an aromatic ring is 1. The number of hydrogen-bond donors (Lipinski definition) is 1. The lowest BCUT2D eigenvalue weighted by Gasteiger charge is -2.28. The van der Waals surface area contributed by atoms with Crippen molar-refractivity contribution in [1.82, 2.24) is 19.7 Å². The van der Waals surface area contributed by atoms with Crippen LogP contribution in [0.25, 0.3) is 0 Å². The van der Waals surface area contributed by atoms with Gasteiger partial charge in [-0.1, -0.05) is 13.0 Å². The van der Waals surface area contributed by atoms with E-state index < -0.39 is 0 Å². The summed E-state index contributed by atoms with van der Waals surface area (Å²) in [4.78, 5) is 6.80. The first-order valence-corrected chi connectivity index (χ1v) is 7.22. The molecule has 106 valence electrons. The fraction of sp³-hybridized carbons (Fsp3) is 0.467. The number of rotatable bonds is 4. The molecule has 5 nitrogen and oxygen atoms in total. The number of aryl methyl sites for hydroxylation is 1. The molecule has 0 saturated heterocycles. The van der Waals surface area contributed by atoms with Crippen LogP contribution in [0.1, 0.15) is 30.3 Å². The number of nitrogens with two attached hydrogens (primary N) is 1. The molecule has 2 aromatic rings. The van der Waals surface area contributed by atoms with Gasteiger partial charge in [-0.25, -0.2) is 9.67 Å². The fourth-order valence-corrected chi connectivity index (χ4v) is 2.78. The maximum absolute atomic E-state index is 5.88. The van der Waals surface area contributed by atoms with Crippen LogP contribution in [0.5, 0.6) is 0 Å². The summed E-state index contributed by atoms with van der Waals surface area (Å²) in [6.07, 6.45) is 3.81. The smallest absolute Gasteiger partial charge is 0.141 e. The Bertz CT molecular complexity index is 590. The Balaban J connectivity index is 1.72. The Hall–Kier alpha value is -1.88. The van der Waals surface area contributed by atoms with Crippen molar-refractivity contribution in [1.29, 1.82) is 0 Å². The second-order valence-electron chi connectivity index (χ2n) is 5.39. The summed E-state index contributed by atoms with van der Waals surface area (Å²) in [5, 5.41) is 4.29. The van der Waals surface area contributed by atoms with E-state index in [1.807, 2.05) is 10.7 Å². The first-order valence-electron chi connectivity index (χ1n) is 7.22. The highest BCUT2D eigenvalue weighted by Crippen LogP contribution is 2.22.